The summed E-state index contributed by atoms with van der Waals surface area (Å²) in [6.07, 6.45) is 3.78. The maximum Gasteiger partial charge on any atom is 0.187 e. The molecule has 1 aliphatic rings. The molecule has 8 heteroatoms. The third kappa shape index (κ3) is 2.43. The van der Waals surface area contributed by atoms with Gasteiger partial charge in [-0.05, 0) is 6.42 Å². The van der Waals surface area contributed by atoms with Gasteiger partial charge in [0, 0.05) is 26.2 Å². The number of aryl methyl sites for hydroxylation is 1. The van der Waals surface area contributed by atoms with Gasteiger partial charge in [0.25, 0.3) is 0 Å². The Bertz CT molecular complexity index is 567. The summed E-state index contributed by atoms with van der Waals surface area (Å²) in [5, 5.41) is 0. The minimum absolute atomic E-state index is 0.293. The lowest BCUT2D eigenvalue weighted by Gasteiger charge is -2.35. The molecule has 106 valence electrons. The summed E-state index contributed by atoms with van der Waals surface area (Å²) in [6.45, 7) is 4.90. The molecule has 2 aromatic rings. The van der Waals surface area contributed by atoms with E-state index in [-0.39, 0.29) is 5.82 Å². The summed E-state index contributed by atoms with van der Waals surface area (Å²) in [6, 6.07) is 0. The molecule has 0 saturated carbocycles. The highest BCUT2D eigenvalue weighted by Gasteiger charge is 2.23. The van der Waals surface area contributed by atoms with Crippen LogP contribution in [0.15, 0.2) is 12.5 Å². The SMILES string of the molecule is CCc1ncnc(N2CCN(c3cnsn3)CC2)c1F. The number of hydrogen-bond acceptors (Lipinski definition) is 7. The molecule has 0 amide bonds. The lowest BCUT2D eigenvalue weighted by atomic mass is 10.2. The smallest absolute Gasteiger partial charge is 0.187 e. The number of nitrogens with zero attached hydrogens (tertiary/aromatic N) is 6. The number of rotatable bonds is 3. The van der Waals surface area contributed by atoms with Crippen LogP contribution in [0.25, 0.3) is 0 Å². The van der Waals surface area contributed by atoms with Crippen LogP contribution in [0.2, 0.25) is 0 Å². The van der Waals surface area contributed by atoms with Crippen molar-refractivity contribution in [2.75, 3.05) is 36.0 Å². The fourth-order valence-electron chi connectivity index (χ4n) is 2.31. The number of piperazine rings is 1. The van der Waals surface area contributed by atoms with Gasteiger partial charge in [-0.25, -0.2) is 14.4 Å². The molecule has 6 nitrogen and oxygen atoms in total. The first kappa shape index (κ1) is 13.2. The van der Waals surface area contributed by atoms with Crippen molar-refractivity contribution in [1.82, 2.24) is 18.7 Å². The second-order valence-electron chi connectivity index (χ2n) is 4.55. The zero-order valence-corrected chi connectivity index (χ0v) is 12.0. The van der Waals surface area contributed by atoms with Crippen LogP contribution in [-0.4, -0.2) is 44.9 Å². The lowest BCUT2D eigenvalue weighted by molar-refractivity contribution is 0.568. The van der Waals surface area contributed by atoms with Crippen molar-refractivity contribution in [1.29, 1.82) is 0 Å². The van der Waals surface area contributed by atoms with E-state index in [1.54, 1.807) is 6.20 Å². The van der Waals surface area contributed by atoms with Gasteiger partial charge >= 0.3 is 0 Å². The van der Waals surface area contributed by atoms with Crippen molar-refractivity contribution in [2.45, 2.75) is 13.3 Å². The molecule has 1 fully saturated rings. The van der Waals surface area contributed by atoms with Crippen LogP contribution in [0.1, 0.15) is 12.6 Å². The Labute approximate surface area is 120 Å². The summed E-state index contributed by atoms with van der Waals surface area (Å²) in [4.78, 5) is 12.2. The van der Waals surface area contributed by atoms with Crippen molar-refractivity contribution in [3.63, 3.8) is 0 Å². The Morgan fingerprint density at radius 1 is 1.20 bits per heavy atom. The van der Waals surface area contributed by atoms with Gasteiger partial charge in [0.15, 0.2) is 17.5 Å². The second-order valence-corrected chi connectivity index (χ2v) is 5.11. The molecular formula is C12H15FN6S. The molecule has 0 N–H and O–H groups in total. The lowest BCUT2D eigenvalue weighted by Crippen LogP contribution is -2.47. The topological polar surface area (TPSA) is 58.0 Å². The second kappa shape index (κ2) is 5.66. The molecular weight excluding hydrogens is 279 g/mol. The molecule has 2 aromatic heterocycles. The number of hydrogen-bond donors (Lipinski definition) is 0. The van der Waals surface area contributed by atoms with E-state index in [1.807, 2.05) is 11.8 Å². The van der Waals surface area contributed by atoms with E-state index >= 15 is 0 Å². The van der Waals surface area contributed by atoms with E-state index < -0.39 is 0 Å². The molecule has 0 aliphatic carbocycles. The maximum absolute atomic E-state index is 14.2. The quantitative estimate of drug-likeness (QED) is 0.852. The average Bonchev–Trinajstić information content (AvgIpc) is 3.02. The Morgan fingerprint density at radius 3 is 2.60 bits per heavy atom. The molecule has 0 bridgehead atoms. The monoisotopic (exact) mass is 294 g/mol. The van der Waals surface area contributed by atoms with Crippen molar-refractivity contribution in [2.24, 2.45) is 0 Å². The normalized spacial score (nSPS) is 15.7. The highest BCUT2D eigenvalue weighted by molar-refractivity contribution is 6.99. The van der Waals surface area contributed by atoms with Gasteiger partial charge in [0.1, 0.15) is 6.33 Å². The van der Waals surface area contributed by atoms with Crippen molar-refractivity contribution < 1.29 is 4.39 Å². The van der Waals surface area contributed by atoms with E-state index in [2.05, 4.69) is 23.6 Å². The Hall–Kier alpha value is -1.83. The Morgan fingerprint density at radius 2 is 1.95 bits per heavy atom. The van der Waals surface area contributed by atoms with E-state index in [0.717, 1.165) is 18.9 Å². The van der Waals surface area contributed by atoms with Crippen LogP contribution in [0.3, 0.4) is 0 Å². The predicted molar refractivity (Wildman–Crippen MR) is 75.7 cm³/mol. The molecule has 1 saturated heterocycles. The van der Waals surface area contributed by atoms with Gasteiger partial charge in [-0.1, -0.05) is 6.92 Å². The largest absolute Gasteiger partial charge is 0.351 e. The number of halogens is 1. The zero-order valence-electron chi connectivity index (χ0n) is 11.2. The van der Waals surface area contributed by atoms with Gasteiger partial charge in [0.2, 0.25) is 0 Å². The van der Waals surface area contributed by atoms with Gasteiger partial charge < -0.3 is 9.80 Å². The van der Waals surface area contributed by atoms with Crippen LogP contribution >= 0.6 is 11.7 Å². The molecule has 0 aromatic carbocycles. The van der Waals surface area contributed by atoms with Gasteiger partial charge in [-0.15, -0.1) is 0 Å². The minimum atomic E-state index is -0.293. The molecule has 3 rings (SSSR count). The van der Waals surface area contributed by atoms with E-state index in [4.69, 9.17) is 0 Å². The van der Waals surface area contributed by atoms with Gasteiger partial charge in [-0.2, -0.15) is 8.75 Å². The fourth-order valence-corrected chi connectivity index (χ4v) is 2.74. The van der Waals surface area contributed by atoms with Crippen LogP contribution < -0.4 is 9.80 Å². The Kier molecular flexibility index (Phi) is 3.72. The molecule has 0 unspecified atom stereocenters. The van der Waals surface area contributed by atoms with E-state index in [9.17, 15) is 4.39 Å². The highest BCUT2D eigenvalue weighted by Crippen LogP contribution is 2.21. The van der Waals surface area contributed by atoms with Crippen LogP contribution in [0.4, 0.5) is 16.0 Å². The summed E-state index contributed by atoms with van der Waals surface area (Å²) in [5.74, 6) is 1.01. The highest BCUT2D eigenvalue weighted by atomic mass is 32.1. The van der Waals surface area contributed by atoms with Crippen LogP contribution in [0.5, 0.6) is 0 Å². The fraction of sp³-hybridized carbons (Fsp3) is 0.500. The third-order valence-electron chi connectivity index (χ3n) is 3.43. The summed E-state index contributed by atoms with van der Waals surface area (Å²) < 4.78 is 22.5. The number of aromatic nitrogens is 4. The Balaban J connectivity index is 1.72. The van der Waals surface area contributed by atoms with Crippen molar-refractivity contribution in [3.05, 3.63) is 24.0 Å². The van der Waals surface area contributed by atoms with Crippen molar-refractivity contribution in [3.8, 4) is 0 Å². The summed E-state index contributed by atoms with van der Waals surface area (Å²) in [5.41, 5.74) is 0.473. The van der Waals surface area contributed by atoms with Crippen molar-refractivity contribution >= 4 is 23.4 Å². The first-order valence-electron chi connectivity index (χ1n) is 6.56. The number of anilines is 2. The molecule has 0 radical (unpaired) electrons. The predicted octanol–water partition coefficient (Wildman–Crippen LogP) is 1.36. The maximum atomic E-state index is 14.2. The van der Waals surface area contributed by atoms with Crippen LogP contribution in [0, 0.1) is 5.82 Å². The average molecular weight is 294 g/mol. The third-order valence-corrected chi connectivity index (χ3v) is 3.90. The van der Waals surface area contributed by atoms with E-state index in [0.29, 0.717) is 31.0 Å². The van der Waals surface area contributed by atoms with Crippen LogP contribution in [-0.2, 0) is 6.42 Å². The first-order valence-corrected chi connectivity index (χ1v) is 7.29. The molecule has 1 aliphatic heterocycles. The molecule has 0 spiro atoms. The van der Waals surface area contributed by atoms with E-state index in [1.165, 1.54) is 18.1 Å². The molecule has 20 heavy (non-hydrogen) atoms. The zero-order chi connectivity index (χ0) is 13.9. The van der Waals surface area contributed by atoms with Gasteiger partial charge in [-0.3, -0.25) is 0 Å². The first-order chi connectivity index (χ1) is 9.79. The summed E-state index contributed by atoms with van der Waals surface area (Å²) >= 11 is 1.20. The minimum Gasteiger partial charge on any atom is -0.351 e. The molecule has 0 atom stereocenters. The standard InChI is InChI=1S/C12H15FN6S/c1-2-9-11(13)12(15-8-14-9)19-5-3-18(4-6-19)10-7-16-20-17-10/h7-8H,2-6H2,1H3. The summed E-state index contributed by atoms with van der Waals surface area (Å²) in [7, 11) is 0. The van der Waals surface area contributed by atoms with Gasteiger partial charge in [0.05, 0.1) is 23.6 Å². The molecule has 3 heterocycles.